The van der Waals surface area contributed by atoms with Crippen molar-refractivity contribution in [3.63, 3.8) is 0 Å². The molecule has 0 N–H and O–H groups in total. The standard InChI is InChI=1S/C10H21ClO2S/c1-4-6-14(12,13)7-5-10(8-11)9(2)3/h9-10H,4-8H2,1-3H3. The van der Waals surface area contributed by atoms with Crippen LogP contribution in [-0.2, 0) is 9.84 Å². The highest BCUT2D eigenvalue weighted by atomic mass is 35.5. The maximum Gasteiger partial charge on any atom is 0.150 e. The lowest BCUT2D eigenvalue weighted by Crippen LogP contribution is -2.18. The smallest absolute Gasteiger partial charge is 0.150 e. The predicted molar refractivity (Wildman–Crippen MR) is 62.6 cm³/mol. The average molecular weight is 241 g/mol. The van der Waals surface area contributed by atoms with Gasteiger partial charge in [0.25, 0.3) is 0 Å². The molecular formula is C10H21ClO2S. The Kier molecular flexibility index (Phi) is 6.79. The molecule has 0 rings (SSSR count). The quantitative estimate of drug-likeness (QED) is 0.642. The third-order valence-electron chi connectivity index (χ3n) is 2.46. The molecule has 0 heterocycles. The molecule has 1 unspecified atom stereocenters. The zero-order valence-corrected chi connectivity index (χ0v) is 10.9. The normalized spacial score (nSPS) is 14.6. The number of halogens is 1. The summed E-state index contributed by atoms with van der Waals surface area (Å²) in [4.78, 5) is 0. The monoisotopic (exact) mass is 240 g/mol. The van der Waals surface area contributed by atoms with Gasteiger partial charge in [0, 0.05) is 11.6 Å². The van der Waals surface area contributed by atoms with E-state index in [4.69, 9.17) is 11.6 Å². The fraction of sp³-hybridized carbons (Fsp3) is 1.00. The Hall–Kier alpha value is 0.240. The van der Waals surface area contributed by atoms with Crippen LogP contribution in [-0.4, -0.2) is 25.8 Å². The zero-order chi connectivity index (χ0) is 11.2. The van der Waals surface area contributed by atoms with Crippen molar-refractivity contribution in [2.75, 3.05) is 17.4 Å². The first-order valence-electron chi connectivity index (χ1n) is 5.19. The molecule has 0 saturated heterocycles. The minimum absolute atomic E-state index is 0.288. The molecule has 0 radical (unpaired) electrons. The number of hydrogen-bond donors (Lipinski definition) is 0. The first-order chi connectivity index (χ1) is 6.43. The van der Waals surface area contributed by atoms with E-state index in [2.05, 4.69) is 13.8 Å². The summed E-state index contributed by atoms with van der Waals surface area (Å²) in [5.41, 5.74) is 0. The van der Waals surface area contributed by atoms with Crippen LogP contribution in [0.3, 0.4) is 0 Å². The Bertz CT molecular complexity index is 235. The summed E-state index contributed by atoms with van der Waals surface area (Å²) < 4.78 is 22.9. The molecule has 0 bridgehead atoms. The fourth-order valence-electron chi connectivity index (χ4n) is 1.33. The molecule has 1 atom stereocenters. The van der Waals surface area contributed by atoms with Crippen LogP contribution >= 0.6 is 11.6 Å². The van der Waals surface area contributed by atoms with Crippen LogP contribution < -0.4 is 0 Å². The molecule has 4 heteroatoms. The topological polar surface area (TPSA) is 34.1 Å². The van der Waals surface area contributed by atoms with E-state index < -0.39 is 9.84 Å². The van der Waals surface area contributed by atoms with Crippen LogP contribution in [0.15, 0.2) is 0 Å². The summed E-state index contributed by atoms with van der Waals surface area (Å²) in [5.74, 6) is 1.93. The third kappa shape index (κ3) is 5.86. The number of alkyl halides is 1. The second kappa shape index (κ2) is 6.67. The number of hydrogen-bond acceptors (Lipinski definition) is 2. The Morgan fingerprint density at radius 1 is 1.21 bits per heavy atom. The molecule has 0 aromatic carbocycles. The van der Waals surface area contributed by atoms with Gasteiger partial charge in [-0.25, -0.2) is 8.42 Å². The van der Waals surface area contributed by atoms with E-state index in [0.717, 1.165) is 0 Å². The highest BCUT2D eigenvalue weighted by Crippen LogP contribution is 2.17. The third-order valence-corrected chi connectivity index (χ3v) is 4.74. The van der Waals surface area contributed by atoms with Gasteiger partial charge in [0.05, 0.1) is 5.75 Å². The Morgan fingerprint density at radius 2 is 1.79 bits per heavy atom. The zero-order valence-electron chi connectivity index (χ0n) is 9.29. The van der Waals surface area contributed by atoms with Crippen LogP contribution in [0.4, 0.5) is 0 Å². The SMILES string of the molecule is CCCS(=O)(=O)CCC(CCl)C(C)C. The van der Waals surface area contributed by atoms with Gasteiger partial charge in [-0.15, -0.1) is 11.6 Å². The summed E-state index contributed by atoms with van der Waals surface area (Å²) in [7, 11) is -2.83. The molecule has 0 saturated carbocycles. The van der Waals surface area contributed by atoms with Gasteiger partial charge in [-0.05, 0) is 24.7 Å². The van der Waals surface area contributed by atoms with Crippen molar-refractivity contribution in [2.24, 2.45) is 11.8 Å². The van der Waals surface area contributed by atoms with Crippen molar-refractivity contribution in [2.45, 2.75) is 33.6 Å². The Balaban J connectivity index is 4.03. The summed E-state index contributed by atoms with van der Waals surface area (Å²) in [6, 6.07) is 0. The lowest BCUT2D eigenvalue weighted by molar-refractivity contribution is 0.412. The van der Waals surface area contributed by atoms with Crippen LogP contribution in [0.25, 0.3) is 0 Å². The minimum Gasteiger partial charge on any atom is -0.229 e. The van der Waals surface area contributed by atoms with E-state index in [9.17, 15) is 8.42 Å². The molecule has 0 aliphatic heterocycles. The molecule has 0 aliphatic rings. The fourth-order valence-corrected chi connectivity index (χ4v) is 3.33. The molecule has 0 amide bonds. The summed E-state index contributed by atoms with van der Waals surface area (Å²) in [6.07, 6.45) is 1.40. The number of sulfone groups is 1. The van der Waals surface area contributed by atoms with Crippen molar-refractivity contribution < 1.29 is 8.42 Å². The van der Waals surface area contributed by atoms with Crippen molar-refractivity contribution in [1.82, 2.24) is 0 Å². The van der Waals surface area contributed by atoms with Crippen LogP contribution in [0, 0.1) is 11.8 Å². The molecule has 0 fully saturated rings. The molecular weight excluding hydrogens is 220 g/mol. The van der Waals surface area contributed by atoms with E-state index in [0.29, 0.717) is 36.3 Å². The van der Waals surface area contributed by atoms with Gasteiger partial charge in [-0.2, -0.15) is 0 Å². The molecule has 14 heavy (non-hydrogen) atoms. The van der Waals surface area contributed by atoms with Gasteiger partial charge in [-0.3, -0.25) is 0 Å². The van der Waals surface area contributed by atoms with E-state index in [1.807, 2.05) is 6.92 Å². The predicted octanol–water partition coefficient (Wildman–Crippen LogP) is 2.71. The van der Waals surface area contributed by atoms with Crippen molar-refractivity contribution >= 4 is 21.4 Å². The van der Waals surface area contributed by atoms with Crippen LogP contribution in [0.1, 0.15) is 33.6 Å². The Morgan fingerprint density at radius 3 is 2.14 bits per heavy atom. The van der Waals surface area contributed by atoms with Crippen LogP contribution in [0.2, 0.25) is 0 Å². The molecule has 86 valence electrons. The summed E-state index contributed by atoms with van der Waals surface area (Å²) in [5, 5.41) is 0. The molecule has 0 aromatic heterocycles. The minimum atomic E-state index is -2.83. The van der Waals surface area contributed by atoms with Crippen molar-refractivity contribution in [1.29, 1.82) is 0 Å². The van der Waals surface area contributed by atoms with Gasteiger partial charge < -0.3 is 0 Å². The van der Waals surface area contributed by atoms with E-state index in [1.54, 1.807) is 0 Å². The summed E-state index contributed by atoms with van der Waals surface area (Å²) in [6.45, 7) is 6.05. The number of rotatable bonds is 7. The second-order valence-electron chi connectivity index (χ2n) is 4.10. The van der Waals surface area contributed by atoms with Gasteiger partial charge >= 0.3 is 0 Å². The van der Waals surface area contributed by atoms with Gasteiger partial charge in [0.2, 0.25) is 0 Å². The van der Waals surface area contributed by atoms with E-state index in [-0.39, 0.29) is 5.75 Å². The first-order valence-corrected chi connectivity index (χ1v) is 7.55. The summed E-state index contributed by atoms with van der Waals surface area (Å²) >= 11 is 5.77. The molecule has 0 spiro atoms. The average Bonchev–Trinajstić information content (AvgIpc) is 2.04. The maximum atomic E-state index is 11.4. The van der Waals surface area contributed by atoms with Gasteiger partial charge in [0.15, 0.2) is 0 Å². The van der Waals surface area contributed by atoms with E-state index in [1.165, 1.54) is 0 Å². The van der Waals surface area contributed by atoms with Crippen molar-refractivity contribution in [3.8, 4) is 0 Å². The van der Waals surface area contributed by atoms with E-state index >= 15 is 0 Å². The van der Waals surface area contributed by atoms with Gasteiger partial charge in [-0.1, -0.05) is 20.8 Å². The molecule has 0 aliphatic carbocycles. The highest BCUT2D eigenvalue weighted by Gasteiger charge is 2.16. The largest absolute Gasteiger partial charge is 0.229 e. The lowest BCUT2D eigenvalue weighted by Gasteiger charge is -2.17. The maximum absolute atomic E-state index is 11.4. The lowest BCUT2D eigenvalue weighted by atomic mass is 9.95. The van der Waals surface area contributed by atoms with Crippen molar-refractivity contribution in [3.05, 3.63) is 0 Å². The first kappa shape index (κ1) is 14.2. The second-order valence-corrected chi connectivity index (χ2v) is 6.71. The Labute approximate surface area is 93.0 Å². The highest BCUT2D eigenvalue weighted by molar-refractivity contribution is 7.91. The van der Waals surface area contributed by atoms with Gasteiger partial charge in [0.1, 0.15) is 9.84 Å². The molecule has 2 nitrogen and oxygen atoms in total. The molecule has 0 aromatic rings. The van der Waals surface area contributed by atoms with Crippen LogP contribution in [0.5, 0.6) is 0 Å².